The summed E-state index contributed by atoms with van der Waals surface area (Å²) in [6.45, 7) is 3.20. The average Bonchev–Trinajstić information content (AvgIpc) is 2.80. The minimum atomic E-state index is 0.109. The van der Waals surface area contributed by atoms with Crippen LogP contribution in [0, 0.1) is 0 Å². The van der Waals surface area contributed by atoms with Crippen molar-refractivity contribution in [3.8, 4) is 0 Å². The molecule has 1 aliphatic carbocycles. The molecule has 8 heteroatoms. The van der Waals surface area contributed by atoms with E-state index in [1.165, 1.54) is 24.0 Å². The number of aromatic nitrogens is 2. The first-order chi connectivity index (χ1) is 14.7. The number of amides is 1. The Morgan fingerprint density at radius 2 is 1.83 bits per heavy atom. The number of nitrogens with two attached hydrogens (primary N) is 1. The van der Waals surface area contributed by atoms with Crippen LogP contribution < -0.4 is 16.0 Å². The van der Waals surface area contributed by atoms with Gasteiger partial charge in [0.15, 0.2) is 5.96 Å². The molecule has 0 spiro atoms. The van der Waals surface area contributed by atoms with Gasteiger partial charge in [-0.3, -0.25) is 9.79 Å². The normalized spacial score (nSPS) is 16.9. The highest BCUT2D eigenvalue weighted by Gasteiger charge is 2.22. The number of hydrogen-bond donors (Lipinski definition) is 2. The molecule has 3 N–H and O–H groups in total. The van der Waals surface area contributed by atoms with Gasteiger partial charge in [-0.2, -0.15) is 0 Å². The van der Waals surface area contributed by atoms with Gasteiger partial charge in [-0.05, 0) is 48.9 Å². The highest BCUT2D eigenvalue weighted by atomic mass is 16.2. The molecular weight excluding hydrogens is 378 g/mol. The third-order valence-electron chi connectivity index (χ3n) is 5.73. The molecule has 0 radical (unpaired) electrons. The molecule has 1 aliphatic heterocycles. The van der Waals surface area contributed by atoms with E-state index in [1.54, 1.807) is 18.5 Å². The van der Waals surface area contributed by atoms with Gasteiger partial charge in [-0.25, -0.2) is 9.97 Å². The van der Waals surface area contributed by atoms with Gasteiger partial charge in [0, 0.05) is 50.7 Å². The number of anilines is 2. The van der Waals surface area contributed by atoms with Crippen LogP contribution >= 0.6 is 0 Å². The Hall–Kier alpha value is -3.16. The molecule has 0 atom stereocenters. The van der Waals surface area contributed by atoms with Crippen molar-refractivity contribution in [2.45, 2.75) is 32.1 Å². The fourth-order valence-electron chi connectivity index (χ4n) is 4.12. The average molecular weight is 408 g/mol. The number of hydrogen-bond acceptors (Lipinski definition) is 5. The minimum absolute atomic E-state index is 0.109. The van der Waals surface area contributed by atoms with Gasteiger partial charge >= 0.3 is 0 Å². The number of aliphatic imine (C=N–C) groups is 1. The van der Waals surface area contributed by atoms with E-state index in [2.05, 4.69) is 37.3 Å². The monoisotopic (exact) mass is 407 g/mol. The maximum Gasteiger partial charge on any atom is 0.225 e. The van der Waals surface area contributed by atoms with Gasteiger partial charge in [0.1, 0.15) is 0 Å². The predicted octanol–water partition coefficient (Wildman–Crippen LogP) is 1.82. The van der Waals surface area contributed by atoms with Gasteiger partial charge < -0.3 is 20.9 Å². The van der Waals surface area contributed by atoms with Crippen molar-refractivity contribution in [1.82, 2.24) is 14.9 Å². The van der Waals surface area contributed by atoms with Gasteiger partial charge in [0.05, 0.1) is 6.54 Å². The van der Waals surface area contributed by atoms with Crippen LogP contribution in [0.5, 0.6) is 0 Å². The molecule has 0 bridgehead atoms. The van der Waals surface area contributed by atoms with E-state index in [4.69, 9.17) is 5.73 Å². The van der Waals surface area contributed by atoms with E-state index in [9.17, 15) is 4.79 Å². The van der Waals surface area contributed by atoms with E-state index in [0.29, 0.717) is 32.0 Å². The smallest absolute Gasteiger partial charge is 0.225 e. The van der Waals surface area contributed by atoms with Crippen LogP contribution in [0.1, 0.15) is 30.4 Å². The van der Waals surface area contributed by atoms with Gasteiger partial charge in [0.2, 0.25) is 11.9 Å². The molecule has 8 nitrogen and oxygen atoms in total. The number of carbonyl (C=O) groups is 1. The Morgan fingerprint density at radius 3 is 2.63 bits per heavy atom. The van der Waals surface area contributed by atoms with Crippen molar-refractivity contribution >= 4 is 23.5 Å². The molecule has 1 aromatic carbocycles. The number of piperazine rings is 1. The molecule has 0 unspecified atom stereocenters. The van der Waals surface area contributed by atoms with Crippen LogP contribution in [0.2, 0.25) is 0 Å². The van der Waals surface area contributed by atoms with Crippen LogP contribution in [0.25, 0.3) is 0 Å². The molecule has 1 aromatic heterocycles. The van der Waals surface area contributed by atoms with E-state index in [1.807, 2.05) is 11.0 Å². The van der Waals surface area contributed by atoms with E-state index >= 15 is 0 Å². The number of nitrogens with zero attached hydrogens (tertiary/aromatic N) is 5. The summed E-state index contributed by atoms with van der Waals surface area (Å²) < 4.78 is 0. The second-order valence-electron chi connectivity index (χ2n) is 7.71. The Labute approximate surface area is 177 Å². The number of fused-ring (bicyclic) bond motifs is 1. The number of guanidine groups is 1. The first-order valence-corrected chi connectivity index (χ1v) is 10.7. The van der Waals surface area contributed by atoms with Crippen LogP contribution in [0.15, 0.2) is 41.7 Å². The lowest BCUT2D eigenvalue weighted by atomic mass is 9.90. The maximum atomic E-state index is 12.5. The van der Waals surface area contributed by atoms with Crippen molar-refractivity contribution in [3.63, 3.8) is 0 Å². The Bertz CT molecular complexity index is 892. The summed E-state index contributed by atoms with van der Waals surface area (Å²) in [6.07, 6.45) is 8.49. The summed E-state index contributed by atoms with van der Waals surface area (Å²) in [5.74, 6) is 1.20. The fraction of sp³-hybridized carbons (Fsp3) is 0.455. The van der Waals surface area contributed by atoms with Crippen LogP contribution in [-0.4, -0.2) is 59.5 Å². The zero-order chi connectivity index (χ0) is 20.8. The molecule has 4 rings (SSSR count). The fourth-order valence-corrected chi connectivity index (χ4v) is 4.12. The number of carbonyl (C=O) groups excluding carboxylic acids is 1. The third-order valence-corrected chi connectivity index (χ3v) is 5.73. The minimum Gasteiger partial charge on any atom is -0.370 e. The second-order valence-corrected chi connectivity index (χ2v) is 7.71. The Morgan fingerprint density at radius 1 is 1.07 bits per heavy atom. The maximum absolute atomic E-state index is 12.5. The van der Waals surface area contributed by atoms with Crippen LogP contribution in [0.3, 0.4) is 0 Å². The van der Waals surface area contributed by atoms with Crippen molar-refractivity contribution in [1.29, 1.82) is 0 Å². The number of rotatable bonds is 5. The zero-order valence-electron chi connectivity index (χ0n) is 17.3. The Balaban J connectivity index is 1.24. The molecule has 2 aromatic rings. The molecule has 0 saturated carbocycles. The molecular formula is C22H29N7O. The third kappa shape index (κ3) is 4.87. The quantitative estimate of drug-likeness (QED) is 0.579. The molecule has 1 amide bonds. The summed E-state index contributed by atoms with van der Waals surface area (Å²) in [5.41, 5.74) is 9.86. The number of aryl methyl sites for hydroxylation is 1. The summed E-state index contributed by atoms with van der Waals surface area (Å²) in [5, 5.41) is 3.23. The van der Waals surface area contributed by atoms with Crippen molar-refractivity contribution < 1.29 is 4.79 Å². The number of nitrogens with one attached hydrogen (secondary N) is 1. The highest BCUT2D eigenvalue weighted by molar-refractivity contribution is 5.93. The molecule has 1 saturated heterocycles. The molecule has 1 fully saturated rings. The first kappa shape index (κ1) is 20.1. The summed E-state index contributed by atoms with van der Waals surface area (Å²) in [6, 6.07) is 8.10. The summed E-state index contributed by atoms with van der Waals surface area (Å²) in [7, 11) is 0. The van der Waals surface area contributed by atoms with E-state index in [-0.39, 0.29) is 5.91 Å². The summed E-state index contributed by atoms with van der Waals surface area (Å²) in [4.78, 5) is 29.4. The zero-order valence-corrected chi connectivity index (χ0v) is 17.3. The Kier molecular flexibility index (Phi) is 6.41. The largest absolute Gasteiger partial charge is 0.370 e. The lowest BCUT2D eigenvalue weighted by molar-refractivity contribution is -0.131. The number of benzene rings is 1. The molecule has 2 heterocycles. The lowest BCUT2D eigenvalue weighted by Crippen LogP contribution is -2.49. The lowest BCUT2D eigenvalue weighted by Gasteiger charge is -2.34. The van der Waals surface area contributed by atoms with Crippen molar-refractivity contribution in [2.24, 2.45) is 10.7 Å². The SMILES string of the molecule is NC(=NCCC(=O)N1CCN(c2ncccn2)CC1)Nc1cccc2c1CCCC2. The van der Waals surface area contributed by atoms with Gasteiger partial charge in [-0.15, -0.1) is 0 Å². The van der Waals surface area contributed by atoms with E-state index < -0.39 is 0 Å². The standard InChI is InChI=1S/C22H29N7O/c23-21(27-19-8-3-6-17-5-1-2-7-18(17)19)24-12-9-20(30)28-13-15-29(16-14-28)22-25-10-4-11-26-22/h3-4,6,8,10-11H,1-2,5,7,9,12-16H2,(H3,23,24,27). The second kappa shape index (κ2) is 9.56. The van der Waals surface area contributed by atoms with Gasteiger partial charge in [-0.1, -0.05) is 12.1 Å². The summed E-state index contributed by atoms with van der Waals surface area (Å²) >= 11 is 0. The van der Waals surface area contributed by atoms with Crippen LogP contribution in [0.4, 0.5) is 11.6 Å². The highest BCUT2D eigenvalue weighted by Crippen LogP contribution is 2.27. The van der Waals surface area contributed by atoms with Crippen molar-refractivity contribution in [3.05, 3.63) is 47.8 Å². The predicted molar refractivity (Wildman–Crippen MR) is 119 cm³/mol. The van der Waals surface area contributed by atoms with E-state index in [0.717, 1.165) is 37.6 Å². The molecule has 30 heavy (non-hydrogen) atoms. The molecule has 158 valence electrons. The van der Waals surface area contributed by atoms with Gasteiger partial charge in [0.25, 0.3) is 0 Å². The topological polar surface area (TPSA) is 99.7 Å². The molecule has 2 aliphatic rings. The van der Waals surface area contributed by atoms with Crippen LogP contribution in [-0.2, 0) is 17.6 Å². The first-order valence-electron chi connectivity index (χ1n) is 10.7. The van der Waals surface area contributed by atoms with Crippen molar-refractivity contribution in [2.75, 3.05) is 42.9 Å².